The van der Waals surface area contributed by atoms with Crippen molar-refractivity contribution in [2.75, 3.05) is 7.05 Å². The van der Waals surface area contributed by atoms with Gasteiger partial charge in [-0.2, -0.15) is 4.31 Å². The summed E-state index contributed by atoms with van der Waals surface area (Å²) in [5.74, 6) is 0.761. The van der Waals surface area contributed by atoms with Gasteiger partial charge in [-0.15, -0.1) is 0 Å². The maximum absolute atomic E-state index is 13.3. The molecular formula is C22H31ClN2O4S. The molecule has 2 N–H and O–H groups in total. The highest BCUT2D eigenvalue weighted by molar-refractivity contribution is 7.89. The van der Waals surface area contributed by atoms with Crippen LogP contribution in [0.5, 0.6) is 0 Å². The molecule has 0 aromatic heterocycles. The van der Waals surface area contributed by atoms with E-state index in [0.717, 1.165) is 36.4 Å². The van der Waals surface area contributed by atoms with Gasteiger partial charge in [0.2, 0.25) is 15.9 Å². The van der Waals surface area contributed by atoms with Gasteiger partial charge >= 0.3 is 0 Å². The first kappa shape index (κ1) is 22.1. The Morgan fingerprint density at radius 1 is 1.23 bits per heavy atom. The molecule has 4 aliphatic carbocycles. The molecule has 0 spiro atoms. The number of hydrogen-bond donors (Lipinski definition) is 2. The SMILES string of the molecule is Cc1c(Cl)cccc1S(=O)(=O)N(C)C(C)(C)C(=O)NC1C2CC3CC1CC(O)(C3)C2. The van der Waals surface area contributed by atoms with E-state index < -0.39 is 21.2 Å². The zero-order chi connectivity index (χ0) is 22.1. The van der Waals surface area contributed by atoms with Crippen molar-refractivity contribution in [1.82, 2.24) is 9.62 Å². The van der Waals surface area contributed by atoms with E-state index in [1.165, 1.54) is 13.1 Å². The Labute approximate surface area is 184 Å². The van der Waals surface area contributed by atoms with E-state index in [4.69, 9.17) is 11.6 Å². The Hall–Kier alpha value is -1.15. The molecule has 2 atom stereocenters. The van der Waals surface area contributed by atoms with Crippen LogP contribution < -0.4 is 5.32 Å². The number of sulfonamides is 1. The molecule has 1 aromatic rings. The molecule has 6 nitrogen and oxygen atoms in total. The number of carbonyl (C=O) groups excluding carboxylic acids is 1. The number of benzene rings is 1. The lowest BCUT2D eigenvalue weighted by Gasteiger charge is -2.58. The fourth-order valence-electron chi connectivity index (χ4n) is 6.00. The zero-order valence-corrected chi connectivity index (χ0v) is 19.6. The molecule has 0 saturated heterocycles. The number of hydrogen-bond acceptors (Lipinski definition) is 4. The average molecular weight is 455 g/mol. The highest BCUT2D eigenvalue weighted by Gasteiger charge is 2.55. The van der Waals surface area contributed by atoms with E-state index in [1.54, 1.807) is 32.9 Å². The third-order valence-electron chi connectivity index (χ3n) is 7.74. The van der Waals surface area contributed by atoms with Crippen LogP contribution in [0.1, 0.15) is 51.5 Å². The van der Waals surface area contributed by atoms with Gasteiger partial charge in [0, 0.05) is 18.1 Å². The zero-order valence-electron chi connectivity index (χ0n) is 18.0. The summed E-state index contributed by atoms with van der Waals surface area (Å²) in [7, 11) is -2.48. The first-order valence-electron chi connectivity index (χ1n) is 10.6. The Bertz CT molecular complexity index is 961. The van der Waals surface area contributed by atoms with Gasteiger partial charge in [-0.05, 0) is 88.3 Å². The van der Waals surface area contributed by atoms with Crippen molar-refractivity contribution in [2.24, 2.45) is 17.8 Å². The fourth-order valence-corrected chi connectivity index (χ4v) is 7.96. The van der Waals surface area contributed by atoms with E-state index in [9.17, 15) is 18.3 Å². The number of nitrogens with zero attached hydrogens (tertiary/aromatic N) is 1. The summed E-state index contributed by atoms with van der Waals surface area (Å²) < 4.78 is 27.7. The number of amides is 1. The second-order valence-corrected chi connectivity index (χ2v) is 12.4. The molecule has 0 radical (unpaired) electrons. The lowest BCUT2D eigenvalue weighted by atomic mass is 9.52. The molecule has 4 bridgehead atoms. The number of halogens is 1. The van der Waals surface area contributed by atoms with Crippen molar-refractivity contribution < 1.29 is 18.3 Å². The van der Waals surface area contributed by atoms with Crippen LogP contribution in [0.4, 0.5) is 0 Å². The lowest BCUT2D eigenvalue weighted by Crippen LogP contribution is -2.65. The van der Waals surface area contributed by atoms with Crippen molar-refractivity contribution in [3.63, 3.8) is 0 Å². The number of carbonyl (C=O) groups is 1. The molecule has 4 saturated carbocycles. The Balaban J connectivity index is 1.54. The minimum atomic E-state index is -3.92. The molecule has 2 unspecified atom stereocenters. The highest BCUT2D eigenvalue weighted by atomic mass is 35.5. The van der Waals surface area contributed by atoms with Gasteiger partial charge < -0.3 is 10.4 Å². The predicted molar refractivity (Wildman–Crippen MR) is 116 cm³/mol. The highest BCUT2D eigenvalue weighted by Crippen LogP contribution is 2.55. The molecule has 5 rings (SSSR count). The van der Waals surface area contributed by atoms with Gasteiger partial charge in [0.25, 0.3) is 0 Å². The first-order valence-corrected chi connectivity index (χ1v) is 12.4. The summed E-state index contributed by atoms with van der Waals surface area (Å²) in [5.41, 5.74) is -1.38. The van der Waals surface area contributed by atoms with Crippen molar-refractivity contribution in [1.29, 1.82) is 0 Å². The Morgan fingerprint density at radius 2 is 1.83 bits per heavy atom. The second-order valence-electron chi connectivity index (χ2n) is 10.1. The minimum absolute atomic E-state index is 0.00221. The molecule has 4 fully saturated rings. The summed E-state index contributed by atoms with van der Waals surface area (Å²) >= 11 is 6.13. The van der Waals surface area contributed by atoms with E-state index in [2.05, 4.69) is 5.32 Å². The molecule has 0 heterocycles. The second kappa shape index (κ2) is 7.19. The van der Waals surface area contributed by atoms with Crippen LogP contribution in [-0.4, -0.2) is 48.0 Å². The van der Waals surface area contributed by atoms with Crippen molar-refractivity contribution >= 4 is 27.5 Å². The third-order valence-corrected chi connectivity index (χ3v) is 10.3. The van der Waals surface area contributed by atoms with Gasteiger partial charge in [0.05, 0.1) is 10.5 Å². The van der Waals surface area contributed by atoms with E-state index >= 15 is 0 Å². The van der Waals surface area contributed by atoms with Crippen LogP contribution in [0.3, 0.4) is 0 Å². The average Bonchev–Trinajstić information content (AvgIpc) is 2.64. The van der Waals surface area contributed by atoms with Crippen LogP contribution in [0.25, 0.3) is 0 Å². The number of likely N-dealkylation sites (N-methyl/N-ethyl adjacent to an activating group) is 1. The monoisotopic (exact) mass is 454 g/mol. The van der Waals surface area contributed by atoms with Crippen LogP contribution in [-0.2, 0) is 14.8 Å². The van der Waals surface area contributed by atoms with Gasteiger partial charge in [-0.1, -0.05) is 17.7 Å². The van der Waals surface area contributed by atoms with Crippen molar-refractivity contribution in [2.45, 2.75) is 75.0 Å². The number of nitrogens with one attached hydrogen (secondary N) is 1. The quantitative estimate of drug-likeness (QED) is 0.715. The molecule has 8 heteroatoms. The lowest BCUT2D eigenvalue weighted by molar-refractivity contribution is -0.149. The van der Waals surface area contributed by atoms with Gasteiger partial charge in [-0.25, -0.2) is 8.42 Å². The maximum Gasteiger partial charge on any atom is 0.244 e. The largest absolute Gasteiger partial charge is 0.390 e. The van der Waals surface area contributed by atoms with Gasteiger partial charge in [0.1, 0.15) is 5.54 Å². The summed E-state index contributed by atoms with van der Waals surface area (Å²) in [5, 5.41) is 14.3. The van der Waals surface area contributed by atoms with Gasteiger partial charge in [-0.3, -0.25) is 4.79 Å². The molecular weight excluding hydrogens is 424 g/mol. The fraction of sp³-hybridized carbons (Fsp3) is 0.682. The molecule has 4 aliphatic rings. The predicted octanol–water partition coefficient (Wildman–Crippen LogP) is 3.10. The van der Waals surface area contributed by atoms with Crippen LogP contribution in [0.15, 0.2) is 23.1 Å². The minimum Gasteiger partial charge on any atom is -0.390 e. The normalized spacial score (nSPS) is 33.2. The van der Waals surface area contributed by atoms with E-state index in [0.29, 0.717) is 16.5 Å². The molecule has 1 amide bonds. The number of rotatable bonds is 5. The smallest absolute Gasteiger partial charge is 0.244 e. The summed E-state index contributed by atoms with van der Waals surface area (Å²) in [4.78, 5) is 13.4. The molecule has 0 aliphatic heterocycles. The molecule has 30 heavy (non-hydrogen) atoms. The summed E-state index contributed by atoms with van der Waals surface area (Å²) in [6.07, 6.45) is 4.38. The number of aliphatic hydroxyl groups is 1. The summed E-state index contributed by atoms with van der Waals surface area (Å²) in [6, 6.07) is 4.76. The van der Waals surface area contributed by atoms with Crippen LogP contribution in [0.2, 0.25) is 5.02 Å². The standard InChI is InChI=1S/C22H31ClN2O4S/c1-13-17(23)6-5-7-18(13)30(28,29)25(4)21(2,3)20(26)24-19-15-8-14-9-16(19)12-22(27,10-14)11-15/h5-7,14-16,19,27H,8-12H2,1-4H3,(H,24,26). The maximum atomic E-state index is 13.3. The van der Waals surface area contributed by atoms with Crippen LogP contribution in [0, 0.1) is 24.7 Å². The van der Waals surface area contributed by atoms with E-state index in [-0.39, 0.29) is 28.7 Å². The van der Waals surface area contributed by atoms with Crippen molar-refractivity contribution in [3.8, 4) is 0 Å². The topological polar surface area (TPSA) is 86.7 Å². The molecule has 1 aromatic carbocycles. The first-order chi connectivity index (χ1) is 13.8. The Morgan fingerprint density at radius 3 is 2.40 bits per heavy atom. The van der Waals surface area contributed by atoms with E-state index in [1.807, 2.05) is 0 Å². The van der Waals surface area contributed by atoms with Crippen LogP contribution >= 0.6 is 11.6 Å². The third kappa shape index (κ3) is 3.48. The molecule has 166 valence electrons. The summed E-state index contributed by atoms with van der Waals surface area (Å²) in [6.45, 7) is 4.92. The van der Waals surface area contributed by atoms with Crippen molar-refractivity contribution in [3.05, 3.63) is 28.8 Å². The van der Waals surface area contributed by atoms with Gasteiger partial charge in [0.15, 0.2) is 0 Å². The Kier molecular flexibility index (Phi) is 5.29.